The Bertz CT molecular complexity index is 777. The molecule has 1 heterocycles. The molecule has 146 valence electrons. The standard InChI is InChI=1S/C21H26Cl2N2O2/c1-15-3-4-17(22)12-21(15)25-9-7-24(8-10-25)13-18(26)14-27-19-5-6-20(23)16(2)11-19/h3-6,11-12,18,26H,7-10,13-14H2,1-2H3/p+1/t18-/m1/s1. The molecule has 3 rings (SSSR count). The Morgan fingerprint density at radius 3 is 2.52 bits per heavy atom. The molecule has 1 aliphatic rings. The van der Waals surface area contributed by atoms with Crippen molar-refractivity contribution >= 4 is 28.9 Å². The van der Waals surface area contributed by atoms with Gasteiger partial charge < -0.3 is 19.6 Å². The summed E-state index contributed by atoms with van der Waals surface area (Å²) in [5, 5.41) is 11.8. The molecule has 1 fully saturated rings. The average Bonchev–Trinajstić information content (AvgIpc) is 2.65. The fourth-order valence-electron chi connectivity index (χ4n) is 3.48. The highest BCUT2D eigenvalue weighted by atomic mass is 35.5. The molecule has 0 unspecified atom stereocenters. The van der Waals surface area contributed by atoms with Crippen LogP contribution in [0.4, 0.5) is 5.69 Å². The van der Waals surface area contributed by atoms with Gasteiger partial charge in [0.05, 0.1) is 26.2 Å². The molecule has 0 saturated carbocycles. The first kappa shape index (κ1) is 20.3. The van der Waals surface area contributed by atoms with Crippen molar-refractivity contribution in [2.24, 2.45) is 0 Å². The number of quaternary nitrogens is 1. The lowest BCUT2D eigenvalue weighted by Gasteiger charge is -2.35. The number of halogens is 2. The summed E-state index contributed by atoms with van der Waals surface area (Å²) in [6.45, 7) is 8.94. The Labute approximate surface area is 171 Å². The quantitative estimate of drug-likeness (QED) is 0.769. The van der Waals surface area contributed by atoms with Crippen molar-refractivity contribution in [1.82, 2.24) is 0 Å². The number of nitrogens with one attached hydrogen (secondary N) is 1. The third-order valence-corrected chi connectivity index (χ3v) is 5.74. The summed E-state index contributed by atoms with van der Waals surface area (Å²) < 4.78 is 5.72. The van der Waals surface area contributed by atoms with Gasteiger partial charge in [-0.2, -0.15) is 0 Å². The number of aliphatic hydroxyl groups is 1. The monoisotopic (exact) mass is 409 g/mol. The van der Waals surface area contributed by atoms with Crippen LogP contribution in [-0.4, -0.2) is 50.5 Å². The first-order valence-electron chi connectivity index (χ1n) is 9.34. The number of anilines is 1. The summed E-state index contributed by atoms with van der Waals surface area (Å²) in [4.78, 5) is 3.78. The number of aryl methyl sites for hydroxylation is 2. The SMILES string of the molecule is Cc1cc(OC[C@H](O)C[NH+]2CCN(c3cc(Cl)ccc3C)CC2)ccc1Cl. The molecule has 1 aliphatic heterocycles. The molecule has 0 aliphatic carbocycles. The molecule has 4 nitrogen and oxygen atoms in total. The van der Waals surface area contributed by atoms with Gasteiger partial charge in [-0.1, -0.05) is 29.3 Å². The van der Waals surface area contributed by atoms with Crippen LogP contribution >= 0.6 is 23.2 Å². The lowest BCUT2D eigenvalue weighted by molar-refractivity contribution is -0.903. The van der Waals surface area contributed by atoms with E-state index in [-0.39, 0.29) is 0 Å². The van der Waals surface area contributed by atoms with Crippen LogP contribution in [0.15, 0.2) is 36.4 Å². The highest BCUT2D eigenvalue weighted by Gasteiger charge is 2.23. The molecule has 2 aromatic carbocycles. The Morgan fingerprint density at radius 1 is 1.07 bits per heavy atom. The number of piperazine rings is 1. The highest BCUT2D eigenvalue weighted by molar-refractivity contribution is 6.31. The second-order valence-electron chi connectivity index (χ2n) is 7.25. The van der Waals surface area contributed by atoms with Crippen LogP contribution in [0, 0.1) is 13.8 Å². The third kappa shape index (κ3) is 5.52. The minimum Gasteiger partial charge on any atom is -0.491 e. The zero-order chi connectivity index (χ0) is 19.4. The minimum atomic E-state index is -0.490. The zero-order valence-corrected chi connectivity index (χ0v) is 17.4. The maximum absolute atomic E-state index is 10.3. The summed E-state index contributed by atoms with van der Waals surface area (Å²) in [6.07, 6.45) is -0.490. The second kappa shape index (κ2) is 9.16. The van der Waals surface area contributed by atoms with Crippen LogP contribution in [0.2, 0.25) is 10.0 Å². The van der Waals surface area contributed by atoms with Gasteiger partial charge in [0.1, 0.15) is 25.0 Å². The Morgan fingerprint density at radius 2 is 1.81 bits per heavy atom. The first-order valence-corrected chi connectivity index (χ1v) is 10.1. The molecule has 0 spiro atoms. The Hall–Kier alpha value is -1.46. The third-order valence-electron chi connectivity index (χ3n) is 5.08. The number of benzene rings is 2. The van der Waals surface area contributed by atoms with Gasteiger partial charge in [0.15, 0.2) is 0 Å². The van der Waals surface area contributed by atoms with Crippen molar-refractivity contribution in [2.45, 2.75) is 20.0 Å². The van der Waals surface area contributed by atoms with Gasteiger partial charge in [0.2, 0.25) is 0 Å². The topological polar surface area (TPSA) is 37.1 Å². The number of ether oxygens (including phenoxy) is 1. The average molecular weight is 410 g/mol. The smallest absolute Gasteiger partial charge is 0.137 e. The van der Waals surface area contributed by atoms with E-state index >= 15 is 0 Å². The van der Waals surface area contributed by atoms with Crippen LogP contribution in [0.25, 0.3) is 0 Å². The molecule has 2 N–H and O–H groups in total. The zero-order valence-electron chi connectivity index (χ0n) is 15.8. The molecule has 1 saturated heterocycles. The van der Waals surface area contributed by atoms with Gasteiger partial charge in [0.25, 0.3) is 0 Å². The number of hydrogen-bond donors (Lipinski definition) is 2. The predicted molar refractivity (Wildman–Crippen MR) is 112 cm³/mol. The van der Waals surface area contributed by atoms with Crippen molar-refractivity contribution < 1.29 is 14.7 Å². The van der Waals surface area contributed by atoms with Crippen molar-refractivity contribution in [3.63, 3.8) is 0 Å². The summed E-state index contributed by atoms with van der Waals surface area (Å²) in [5.41, 5.74) is 3.43. The van der Waals surface area contributed by atoms with E-state index in [1.807, 2.05) is 37.3 Å². The summed E-state index contributed by atoms with van der Waals surface area (Å²) in [7, 11) is 0. The van der Waals surface area contributed by atoms with Crippen LogP contribution in [0.1, 0.15) is 11.1 Å². The van der Waals surface area contributed by atoms with Gasteiger partial charge >= 0.3 is 0 Å². The van der Waals surface area contributed by atoms with Gasteiger partial charge in [-0.3, -0.25) is 0 Å². The molecule has 0 radical (unpaired) electrons. The Balaban J connectivity index is 1.45. The first-order chi connectivity index (χ1) is 12.9. The van der Waals surface area contributed by atoms with Gasteiger partial charge in [0, 0.05) is 15.7 Å². The highest BCUT2D eigenvalue weighted by Crippen LogP contribution is 2.24. The minimum absolute atomic E-state index is 0.293. The lowest BCUT2D eigenvalue weighted by Crippen LogP contribution is -3.16. The molecule has 0 aromatic heterocycles. The number of hydrogen-bond acceptors (Lipinski definition) is 3. The molecule has 27 heavy (non-hydrogen) atoms. The van der Waals surface area contributed by atoms with Gasteiger partial charge in [-0.05, 0) is 55.3 Å². The van der Waals surface area contributed by atoms with E-state index < -0.39 is 6.10 Å². The van der Waals surface area contributed by atoms with E-state index in [2.05, 4.69) is 17.9 Å². The maximum Gasteiger partial charge on any atom is 0.137 e. The van der Waals surface area contributed by atoms with E-state index in [0.29, 0.717) is 13.2 Å². The van der Waals surface area contributed by atoms with E-state index in [1.165, 1.54) is 16.2 Å². The molecule has 6 heteroatoms. The largest absolute Gasteiger partial charge is 0.491 e. The second-order valence-corrected chi connectivity index (χ2v) is 8.09. The molecule has 0 amide bonds. The van der Waals surface area contributed by atoms with E-state index in [4.69, 9.17) is 27.9 Å². The normalized spacial score (nSPS) is 16.4. The number of rotatable bonds is 6. The molecule has 0 bridgehead atoms. The van der Waals surface area contributed by atoms with Crippen LogP contribution in [0.3, 0.4) is 0 Å². The Kier molecular flexibility index (Phi) is 6.88. The molecule has 2 aromatic rings. The predicted octanol–water partition coefficient (Wildman–Crippen LogP) is 2.76. The fourth-order valence-corrected chi connectivity index (χ4v) is 3.77. The summed E-state index contributed by atoms with van der Waals surface area (Å²) in [6, 6.07) is 11.6. The van der Waals surface area contributed by atoms with Crippen molar-refractivity contribution in [3.05, 3.63) is 57.6 Å². The summed E-state index contributed by atoms with van der Waals surface area (Å²) >= 11 is 12.2. The van der Waals surface area contributed by atoms with Crippen molar-refractivity contribution in [1.29, 1.82) is 0 Å². The van der Waals surface area contributed by atoms with Crippen LogP contribution in [0.5, 0.6) is 5.75 Å². The van der Waals surface area contributed by atoms with Gasteiger partial charge in [-0.15, -0.1) is 0 Å². The van der Waals surface area contributed by atoms with Crippen molar-refractivity contribution in [3.8, 4) is 5.75 Å². The van der Waals surface area contributed by atoms with Crippen molar-refractivity contribution in [2.75, 3.05) is 44.2 Å². The fraction of sp³-hybridized carbons (Fsp3) is 0.429. The lowest BCUT2D eigenvalue weighted by atomic mass is 10.1. The molecule has 1 atom stereocenters. The van der Waals surface area contributed by atoms with E-state index in [1.54, 1.807) is 0 Å². The number of nitrogens with zero attached hydrogens (tertiary/aromatic N) is 1. The van der Waals surface area contributed by atoms with Crippen LogP contribution < -0.4 is 14.5 Å². The maximum atomic E-state index is 10.3. The van der Waals surface area contributed by atoms with Gasteiger partial charge in [-0.25, -0.2) is 0 Å². The van der Waals surface area contributed by atoms with E-state index in [0.717, 1.165) is 47.5 Å². The number of aliphatic hydroxyl groups excluding tert-OH is 1. The molecular weight excluding hydrogens is 383 g/mol. The van der Waals surface area contributed by atoms with Crippen LogP contribution in [-0.2, 0) is 0 Å². The summed E-state index contributed by atoms with van der Waals surface area (Å²) in [5.74, 6) is 0.743. The van der Waals surface area contributed by atoms with E-state index in [9.17, 15) is 5.11 Å². The molecular formula is C21H27Cl2N2O2+.